The Morgan fingerprint density at radius 2 is 2.11 bits per heavy atom. The highest BCUT2D eigenvalue weighted by molar-refractivity contribution is 8.00. The van der Waals surface area contributed by atoms with Crippen molar-refractivity contribution in [2.24, 2.45) is 7.05 Å². The molecular formula is C18H17F2N5OS. The zero-order valence-electron chi connectivity index (χ0n) is 14.7. The molecule has 3 rings (SSSR count). The molecule has 0 spiro atoms. The van der Waals surface area contributed by atoms with Crippen LogP contribution in [0.2, 0.25) is 0 Å². The number of aromatic nitrogens is 4. The Morgan fingerprint density at radius 1 is 1.30 bits per heavy atom. The van der Waals surface area contributed by atoms with Gasteiger partial charge in [-0.2, -0.15) is 0 Å². The normalized spacial score (nSPS) is 12.0. The summed E-state index contributed by atoms with van der Waals surface area (Å²) >= 11 is 1.23. The van der Waals surface area contributed by atoms with Crippen LogP contribution in [0, 0.1) is 11.6 Å². The second-order valence-corrected chi connectivity index (χ2v) is 6.90. The summed E-state index contributed by atoms with van der Waals surface area (Å²) in [6, 6.07) is 6.69. The van der Waals surface area contributed by atoms with E-state index in [4.69, 9.17) is 0 Å². The van der Waals surface area contributed by atoms with Crippen LogP contribution in [0.5, 0.6) is 0 Å². The van der Waals surface area contributed by atoms with Crippen LogP contribution in [-0.4, -0.2) is 30.9 Å². The van der Waals surface area contributed by atoms with Crippen molar-refractivity contribution in [2.75, 3.05) is 5.32 Å². The van der Waals surface area contributed by atoms with Crippen LogP contribution in [0.15, 0.2) is 47.9 Å². The third-order valence-electron chi connectivity index (χ3n) is 3.85. The molecular weight excluding hydrogens is 372 g/mol. The van der Waals surface area contributed by atoms with Gasteiger partial charge in [-0.1, -0.05) is 18.7 Å². The molecule has 0 fully saturated rings. The predicted octanol–water partition coefficient (Wildman–Crippen LogP) is 3.66. The number of thioether (sulfide) groups is 1. The van der Waals surface area contributed by atoms with E-state index in [1.54, 1.807) is 30.1 Å². The van der Waals surface area contributed by atoms with Crippen molar-refractivity contribution in [3.8, 4) is 11.4 Å². The van der Waals surface area contributed by atoms with Gasteiger partial charge in [-0.3, -0.25) is 9.78 Å². The molecule has 27 heavy (non-hydrogen) atoms. The van der Waals surface area contributed by atoms with E-state index in [-0.39, 0.29) is 11.6 Å². The van der Waals surface area contributed by atoms with E-state index in [0.717, 1.165) is 17.7 Å². The van der Waals surface area contributed by atoms with E-state index in [1.807, 2.05) is 13.0 Å². The maximum absolute atomic E-state index is 13.8. The second kappa shape index (κ2) is 8.26. The molecule has 0 saturated heterocycles. The van der Waals surface area contributed by atoms with Crippen molar-refractivity contribution in [3.63, 3.8) is 0 Å². The average Bonchev–Trinajstić information content (AvgIpc) is 3.03. The van der Waals surface area contributed by atoms with Crippen LogP contribution in [0.3, 0.4) is 0 Å². The molecule has 0 radical (unpaired) electrons. The second-order valence-electron chi connectivity index (χ2n) is 5.74. The number of benzene rings is 1. The fraction of sp³-hybridized carbons (Fsp3) is 0.222. The summed E-state index contributed by atoms with van der Waals surface area (Å²) in [5.74, 6) is -1.28. The first-order valence-electron chi connectivity index (χ1n) is 8.22. The summed E-state index contributed by atoms with van der Waals surface area (Å²) < 4.78 is 28.5. The Hall–Kier alpha value is -2.81. The number of hydrogen-bond donors (Lipinski definition) is 1. The van der Waals surface area contributed by atoms with E-state index in [9.17, 15) is 13.6 Å². The lowest BCUT2D eigenvalue weighted by atomic mass is 10.2. The van der Waals surface area contributed by atoms with E-state index in [1.165, 1.54) is 17.8 Å². The molecule has 0 unspecified atom stereocenters. The Bertz CT molecular complexity index is 948. The smallest absolute Gasteiger partial charge is 0.238 e. The lowest BCUT2D eigenvalue weighted by Gasteiger charge is -2.14. The highest BCUT2D eigenvalue weighted by Crippen LogP contribution is 2.28. The first-order valence-corrected chi connectivity index (χ1v) is 9.10. The van der Waals surface area contributed by atoms with Crippen molar-refractivity contribution >= 4 is 23.4 Å². The molecule has 0 aliphatic rings. The van der Waals surface area contributed by atoms with Gasteiger partial charge >= 0.3 is 0 Å². The number of halogens is 2. The summed E-state index contributed by atoms with van der Waals surface area (Å²) in [6.07, 6.45) is 3.84. The summed E-state index contributed by atoms with van der Waals surface area (Å²) in [4.78, 5) is 16.6. The van der Waals surface area contributed by atoms with Crippen molar-refractivity contribution in [1.29, 1.82) is 0 Å². The Balaban J connectivity index is 1.75. The maximum atomic E-state index is 13.8. The Morgan fingerprint density at radius 3 is 2.78 bits per heavy atom. The quantitative estimate of drug-likeness (QED) is 0.652. The summed E-state index contributed by atoms with van der Waals surface area (Å²) in [6.45, 7) is 1.84. The minimum Gasteiger partial charge on any atom is -0.323 e. The third kappa shape index (κ3) is 4.30. The molecule has 140 valence electrons. The van der Waals surface area contributed by atoms with Gasteiger partial charge in [-0.25, -0.2) is 8.78 Å². The summed E-state index contributed by atoms with van der Waals surface area (Å²) in [7, 11) is 1.80. The van der Waals surface area contributed by atoms with Crippen molar-refractivity contribution in [3.05, 3.63) is 54.4 Å². The molecule has 0 aliphatic heterocycles. The maximum Gasteiger partial charge on any atom is 0.238 e. The molecule has 2 heterocycles. The van der Waals surface area contributed by atoms with E-state index >= 15 is 0 Å². The zero-order valence-corrected chi connectivity index (χ0v) is 15.5. The van der Waals surface area contributed by atoms with Gasteiger partial charge < -0.3 is 9.88 Å². The van der Waals surface area contributed by atoms with Crippen LogP contribution in [-0.2, 0) is 11.8 Å². The number of rotatable bonds is 6. The topological polar surface area (TPSA) is 72.7 Å². The lowest BCUT2D eigenvalue weighted by molar-refractivity contribution is -0.115. The van der Waals surface area contributed by atoms with Crippen molar-refractivity contribution in [2.45, 2.75) is 23.8 Å². The standard InChI is InChI=1S/C18H17F2N5OS/c1-3-15(17(26)22-14-7-6-12(19)9-13(14)20)27-18-24-23-16(25(18)2)11-5-4-8-21-10-11/h4-10,15H,3H2,1-2H3,(H,22,26)/t15-/m1/s1. The van der Waals surface area contributed by atoms with Gasteiger partial charge in [0.05, 0.1) is 10.9 Å². The largest absolute Gasteiger partial charge is 0.323 e. The van der Waals surface area contributed by atoms with E-state index < -0.39 is 16.9 Å². The average molecular weight is 389 g/mol. The number of carbonyl (C=O) groups excluding carboxylic acids is 1. The fourth-order valence-corrected chi connectivity index (χ4v) is 3.34. The Labute approximate surface area is 159 Å². The molecule has 6 nitrogen and oxygen atoms in total. The molecule has 1 amide bonds. The molecule has 0 bridgehead atoms. The van der Waals surface area contributed by atoms with Crippen LogP contribution < -0.4 is 5.32 Å². The van der Waals surface area contributed by atoms with Gasteiger partial charge in [-0.15, -0.1) is 10.2 Å². The summed E-state index contributed by atoms with van der Waals surface area (Å²) in [5.41, 5.74) is 0.750. The molecule has 9 heteroatoms. The first kappa shape index (κ1) is 19.0. The highest BCUT2D eigenvalue weighted by Gasteiger charge is 2.23. The number of amides is 1. The van der Waals surface area contributed by atoms with Crippen LogP contribution in [0.4, 0.5) is 14.5 Å². The van der Waals surface area contributed by atoms with Gasteiger partial charge in [0.15, 0.2) is 11.0 Å². The summed E-state index contributed by atoms with van der Waals surface area (Å²) in [5, 5.41) is 10.8. The molecule has 0 aliphatic carbocycles. The third-order valence-corrected chi connectivity index (χ3v) is 5.25. The van der Waals surface area contributed by atoms with Gasteiger partial charge in [-0.05, 0) is 30.7 Å². The highest BCUT2D eigenvalue weighted by atomic mass is 32.2. The van der Waals surface area contributed by atoms with E-state index in [2.05, 4.69) is 20.5 Å². The number of nitrogens with zero attached hydrogens (tertiary/aromatic N) is 4. The molecule has 1 N–H and O–H groups in total. The van der Waals surface area contributed by atoms with Crippen LogP contribution in [0.25, 0.3) is 11.4 Å². The van der Waals surface area contributed by atoms with Gasteiger partial charge in [0.25, 0.3) is 0 Å². The first-order chi connectivity index (χ1) is 13.0. The number of hydrogen-bond acceptors (Lipinski definition) is 5. The Kier molecular flexibility index (Phi) is 5.80. The minimum atomic E-state index is -0.819. The lowest BCUT2D eigenvalue weighted by Crippen LogP contribution is -2.25. The molecule has 2 aromatic heterocycles. The zero-order chi connectivity index (χ0) is 19.4. The molecule has 1 atom stereocenters. The monoisotopic (exact) mass is 389 g/mol. The number of carbonyl (C=O) groups is 1. The fourth-order valence-electron chi connectivity index (χ4n) is 2.42. The number of nitrogens with one attached hydrogen (secondary N) is 1. The van der Waals surface area contributed by atoms with Gasteiger partial charge in [0.2, 0.25) is 5.91 Å². The van der Waals surface area contributed by atoms with Crippen LogP contribution in [0.1, 0.15) is 13.3 Å². The number of pyridine rings is 1. The number of anilines is 1. The molecule has 0 saturated carbocycles. The van der Waals surface area contributed by atoms with Crippen LogP contribution >= 0.6 is 11.8 Å². The van der Waals surface area contributed by atoms with Crippen molar-refractivity contribution in [1.82, 2.24) is 19.7 Å². The predicted molar refractivity (Wildman–Crippen MR) is 99.2 cm³/mol. The SMILES string of the molecule is CC[C@@H](Sc1nnc(-c2cccnc2)n1C)C(=O)Nc1ccc(F)cc1F. The van der Waals surface area contributed by atoms with Gasteiger partial charge in [0, 0.05) is 31.1 Å². The minimum absolute atomic E-state index is 0.0607. The molecule has 1 aromatic carbocycles. The molecule has 3 aromatic rings. The van der Waals surface area contributed by atoms with E-state index in [0.29, 0.717) is 17.4 Å². The van der Waals surface area contributed by atoms with Gasteiger partial charge in [0.1, 0.15) is 11.6 Å². The van der Waals surface area contributed by atoms with Crippen molar-refractivity contribution < 1.29 is 13.6 Å².